The molecule has 3 aromatic rings. The van der Waals surface area contributed by atoms with E-state index < -0.39 is 15.9 Å². The van der Waals surface area contributed by atoms with Gasteiger partial charge in [0.15, 0.2) is 0 Å². The van der Waals surface area contributed by atoms with Gasteiger partial charge in [-0.15, -0.1) is 0 Å². The molecule has 0 unspecified atom stereocenters. The number of aromatic nitrogens is 2. The lowest BCUT2D eigenvalue weighted by Crippen LogP contribution is -2.29. The van der Waals surface area contributed by atoms with Gasteiger partial charge in [0.25, 0.3) is 5.91 Å². The van der Waals surface area contributed by atoms with Crippen LogP contribution < -0.4 is 5.32 Å². The lowest BCUT2D eigenvalue weighted by molar-refractivity contribution is 0.0949. The molecule has 1 saturated heterocycles. The van der Waals surface area contributed by atoms with E-state index in [1.807, 2.05) is 35.9 Å². The van der Waals surface area contributed by atoms with E-state index in [1.165, 1.54) is 22.5 Å². The predicted molar refractivity (Wildman–Crippen MR) is 111 cm³/mol. The van der Waals surface area contributed by atoms with Gasteiger partial charge in [-0.25, -0.2) is 13.4 Å². The van der Waals surface area contributed by atoms with Gasteiger partial charge in [0.2, 0.25) is 10.0 Å². The first kappa shape index (κ1) is 19.9. The van der Waals surface area contributed by atoms with Crippen molar-refractivity contribution in [2.24, 2.45) is 7.05 Å². The maximum atomic E-state index is 12.8. The van der Waals surface area contributed by atoms with Crippen LogP contribution in [0.2, 0.25) is 5.02 Å². The zero-order chi connectivity index (χ0) is 20.6. The van der Waals surface area contributed by atoms with E-state index in [-0.39, 0.29) is 22.0 Å². The standard InChI is InChI=1S/C20H21ClN4O3S/c1-24-18-7-3-2-6-17(18)23-19(24)13-22-20(26)15-12-14(8-9-16(15)21)29(27,28)25-10-4-5-11-25/h2-3,6-9,12H,4-5,10-11,13H2,1H3,(H,22,26). The Labute approximate surface area is 174 Å². The Kier molecular flexibility index (Phi) is 5.33. The Balaban J connectivity index is 1.56. The predicted octanol–water partition coefficient (Wildman–Crippen LogP) is 2.94. The van der Waals surface area contributed by atoms with Crippen molar-refractivity contribution in [3.63, 3.8) is 0 Å². The summed E-state index contributed by atoms with van der Waals surface area (Å²) in [4.78, 5) is 17.3. The number of hydrogen-bond acceptors (Lipinski definition) is 4. The molecule has 2 aromatic carbocycles. The molecule has 1 amide bonds. The molecule has 0 atom stereocenters. The van der Waals surface area contributed by atoms with E-state index in [1.54, 1.807) is 0 Å². The third kappa shape index (κ3) is 3.75. The smallest absolute Gasteiger partial charge is 0.253 e. The van der Waals surface area contributed by atoms with Crippen LogP contribution in [-0.4, -0.2) is 41.3 Å². The van der Waals surface area contributed by atoms with Crippen molar-refractivity contribution < 1.29 is 13.2 Å². The number of nitrogens with zero attached hydrogens (tertiary/aromatic N) is 3. The van der Waals surface area contributed by atoms with Crippen molar-refractivity contribution in [3.8, 4) is 0 Å². The van der Waals surface area contributed by atoms with Gasteiger partial charge in [-0.1, -0.05) is 23.7 Å². The van der Waals surface area contributed by atoms with Crippen molar-refractivity contribution >= 4 is 38.6 Å². The molecule has 29 heavy (non-hydrogen) atoms. The van der Waals surface area contributed by atoms with Gasteiger partial charge in [-0.3, -0.25) is 4.79 Å². The lowest BCUT2D eigenvalue weighted by atomic mass is 10.2. The van der Waals surface area contributed by atoms with Crippen molar-refractivity contribution in [2.75, 3.05) is 13.1 Å². The summed E-state index contributed by atoms with van der Waals surface area (Å²) in [5.41, 5.74) is 1.94. The molecule has 1 aliphatic heterocycles. The first-order valence-corrected chi connectivity index (χ1v) is 11.2. The van der Waals surface area contributed by atoms with E-state index in [9.17, 15) is 13.2 Å². The minimum absolute atomic E-state index is 0.0803. The highest BCUT2D eigenvalue weighted by atomic mass is 35.5. The minimum atomic E-state index is -3.62. The molecule has 1 N–H and O–H groups in total. The molecular formula is C20H21ClN4O3S. The number of hydrogen-bond donors (Lipinski definition) is 1. The first-order chi connectivity index (χ1) is 13.9. The van der Waals surface area contributed by atoms with E-state index in [0.717, 1.165) is 23.9 Å². The van der Waals surface area contributed by atoms with Gasteiger partial charge in [0.1, 0.15) is 5.82 Å². The molecule has 1 aliphatic rings. The van der Waals surface area contributed by atoms with Crippen molar-refractivity contribution in [1.82, 2.24) is 19.2 Å². The van der Waals surface area contributed by atoms with Gasteiger partial charge in [-0.05, 0) is 43.2 Å². The fraction of sp³-hybridized carbons (Fsp3) is 0.300. The van der Waals surface area contributed by atoms with Gasteiger partial charge in [-0.2, -0.15) is 4.31 Å². The molecule has 0 bridgehead atoms. The number of fused-ring (bicyclic) bond motifs is 1. The second-order valence-corrected chi connectivity index (χ2v) is 9.36. The number of benzene rings is 2. The van der Waals surface area contributed by atoms with Gasteiger partial charge >= 0.3 is 0 Å². The second-order valence-electron chi connectivity index (χ2n) is 7.01. The quantitative estimate of drug-likeness (QED) is 0.671. The third-order valence-electron chi connectivity index (χ3n) is 5.17. The Hall–Kier alpha value is -2.42. The van der Waals surface area contributed by atoms with E-state index >= 15 is 0 Å². The number of imidazole rings is 1. The van der Waals surface area contributed by atoms with Crippen LogP contribution in [0.3, 0.4) is 0 Å². The number of halogens is 1. The Morgan fingerprint density at radius 2 is 1.90 bits per heavy atom. The lowest BCUT2D eigenvalue weighted by Gasteiger charge is -2.16. The Bertz CT molecular complexity index is 1180. The van der Waals surface area contributed by atoms with Crippen LogP contribution in [-0.2, 0) is 23.6 Å². The molecule has 4 rings (SSSR count). The highest BCUT2D eigenvalue weighted by Crippen LogP contribution is 2.25. The highest BCUT2D eigenvalue weighted by molar-refractivity contribution is 7.89. The minimum Gasteiger partial charge on any atom is -0.345 e. The van der Waals surface area contributed by atoms with Crippen LogP contribution in [0.15, 0.2) is 47.4 Å². The molecule has 7 nitrogen and oxygen atoms in total. The van der Waals surface area contributed by atoms with Crippen LogP contribution in [0, 0.1) is 0 Å². The molecule has 152 valence electrons. The van der Waals surface area contributed by atoms with Gasteiger partial charge < -0.3 is 9.88 Å². The maximum absolute atomic E-state index is 12.8. The average molecular weight is 433 g/mol. The van der Waals surface area contributed by atoms with Crippen LogP contribution in [0.4, 0.5) is 0 Å². The van der Waals surface area contributed by atoms with Crippen LogP contribution in [0.5, 0.6) is 0 Å². The highest BCUT2D eigenvalue weighted by Gasteiger charge is 2.28. The molecule has 0 radical (unpaired) electrons. The van der Waals surface area contributed by atoms with E-state index in [4.69, 9.17) is 11.6 Å². The Morgan fingerprint density at radius 1 is 1.17 bits per heavy atom. The molecule has 1 aromatic heterocycles. The number of carbonyl (C=O) groups is 1. The summed E-state index contributed by atoms with van der Waals surface area (Å²) in [6, 6.07) is 11.9. The van der Waals surface area contributed by atoms with Gasteiger partial charge in [0.05, 0.1) is 33.1 Å². The van der Waals surface area contributed by atoms with Crippen LogP contribution >= 0.6 is 11.6 Å². The molecular weight excluding hydrogens is 412 g/mol. The largest absolute Gasteiger partial charge is 0.345 e. The normalized spacial score (nSPS) is 15.1. The third-order valence-corrected chi connectivity index (χ3v) is 7.40. The monoisotopic (exact) mass is 432 g/mol. The summed E-state index contributed by atoms with van der Waals surface area (Å²) in [5.74, 6) is 0.247. The summed E-state index contributed by atoms with van der Waals surface area (Å²) in [7, 11) is -1.74. The Morgan fingerprint density at radius 3 is 2.62 bits per heavy atom. The first-order valence-electron chi connectivity index (χ1n) is 9.36. The second kappa shape index (κ2) is 7.78. The van der Waals surface area contributed by atoms with Gasteiger partial charge in [0, 0.05) is 20.1 Å². The van der Waals surface area contributed by atoms with Crippen LogP contribution in [0.25, 0.3) is 11.0 Å². The number of carbonyl (C=O) groups excluding carboxylic acids is 1. The molecule has 2 heterocycles. The molecule has 0 aliphatic carbocycles. The summed E-state index contributed by atoms with van der Waals surface area (Å²) in [5, 5.41) is 2.99. The number of rotatable bonds is 5. The fourth-order valence-electron chi connectivity index (χ4n) is 3.52. The summed E-state index contributed by atoms with van der Waals surface area (Å²) >= 11 is 6.19. The number of amides is 1. The molecule has 9 heteroatoms. The van der Waals surface area contributed by atoms with Crippen molar-refractivity contribution in [3.05, 3.63) is 58.9 Å². The number of nitrogens with one attached hydrogen (secondary N) is 1. The van der Waals surface area contributed by atoms with Crippen molar-refractivity contribution in [1.29, 1.82) is 0 Å². The van der Waals surface area contributed by atoms with E-state index in [0.29, 0.717) is 18.9 Å². The number of sulfonamides is 1. The zero-order valence-corrected chi connectivity index (χ0v) is 17.5. The summed E-state index contributed by atoms with van der Waals surface area (Å²) in [6.45, 7) is 1.20. The zero-order valence-electron chi connectivity index (χ0n) is 15.9. The number of para-hydroxylation sites is 2. The fourth-order valence-corrected chi connectivity index (χ4v) is 5.27. The SMILES string of the molecule is Cn1c(CNC(=O)c2cc(S(=O)(=O)N3CCCC3)ccc2Cl)nc2ccccc21. The molecule has 0 spiro atoms. The van der Waals surface area contributed by atoms with Crippen molar-refractivity contribution in [2.45, 2.75) is 24.3 Å². The summed E-state index contributed by atoms with van der Waals surface area (Å²) < 4.78 is 28.9. The molecule has 1 fully saturated rings. The topological polar surface area (TPSA) is 84.3 Å². The van der Waals surface area contributed by atoms with E-state index in [2.05, 4.69) is 10.3 Å². The molecule has 0 saturated carbocycles. The number of aryl methyl sites for hydroxylation is 1. The average Bonchev–Trinajstić information content (AvgIpc) is 3.36. The maximum Gasteiger partial charge on any atom is 0.253 e. The van der Waals surface area contributed by atoms with Crippen LogP contribution in [0.1, 0.15) is 29.0 Å². The summed E-state index contributed by atoms with van der Waals surface area (Å²) in [6.07, 6.45) is 1.69.